The molecule has 0 rings (SSSR count). The van der Waals surface area contributed by atoms with Crippen molar-refractivity contribution in [2.45, 2.75) is 257 Å². The predicted octanol–water partition coefficient (Wildman–Crippen LogP) is 15.1. The molecule has 0 bridgehead atoms. The molecule has 4 heteroatoms. The molecule has 0 radical (unpaired) electrons. The van der Waals surface area contributed by atoms with Gasteiger partial charge >= 0.3 is 0 Å². The number of hydrogen-bond donors (Lipinski definition) is 3. The maximum absolute atomic E-state index is 12.3. The molecule has 0 heterocycles. The highest BCUT2D eigenvalue weighted by atomic mass is 16.3. The average Bonchev–Trinajstić information content (AvgIpc) is 3.18. The number of allylic oxidation sites excluding steroid dienone is 7. The molecule has 1 amide bonds. The summed E-state index contributed by atoms with van der Waals surface area (Å²) in [5.41, 5.74) is 0. The summed E-state index contributed by atoms with van der Waals surface area (Å²) in [5, 5.41) is 22.7. The van der Waals surface area contributed by atoms with Gasteiger partial charge in [-0.1, -0.05) is 229 Å². The largest absolute Gasteiger partial charge is 0.394 e. The molecule has 54 heavy (non-hydrogen) atoms. The molecule has 0 aliphatic rings. The Morgan fingerprint density at radius 1 is 0.444 bits per heavy atom. The summed E-state index contributed by atoms with van der Waals surface area (Å²) in [6.45, 7) is 4.19. The van der Waals surface area contributed by atoms with E-state index in [2.05, 4.69) is 55.6 Å². The third kappa shape index (κ3) is 41.5. The maximum Gasteiger partial charge on any atom is 0.220 e. The highest BCUT2D eigenvalue weighted by molar-refractivity contribution is 5.76. The van der Waals surface area contributed by atoms with E-state index in [-0.39, 0.29) is 12.5 Å². The van der Waals surface area contributed by atoms with Crippen molar-refractivity contribution in [1.29, 1.82) is 0 Å². The minimum atomic E-state index is -0.857. The van der Waals surface area contributed by atoms with Crippen LogP contribution in [-0.2, 0) is 4.79 Å². The number of aliphatic hydroxyl groups excluding tert-OH is 2. The first-order chi connectivity index (χ1) is 26.7. The van der Waals surface area contributed by atoms with Crippen LogP contribution < -0.4 is 5.32 Å². The third-order valence-electron chi connectivity index (χ3n) is 10.8. The van der Waals surface area contributed by atoms with Crippen LogP contribution in [0.25, 0.3) is 0 Å². The van der Waals surface area contributed by atoms with Crippen LogP contribution in [0.1, 0.15) is 245 Å². The summed E-state index contributed by atoms with van der Waals surface area (Å²) in [7, 11) is 0. The molecule has 316 valence electrons. The fraction of sp³-hybridized carbons (Fsp3) is 0.820. The highest BCUT2D eigenvalue weighted by Crippen LogP contribution is 2.16. The molecule has 0 spiro atoms. The van der Waals surface area contributed by atoms with Crippen LogP contribution >= 0.6 is 0 Å². The van der Waals surface area contributed by atoms with Crippen molar-refractivity contribution in [2.24, 2.45) is 0 Å². The third-order valence-corrected chi connectivity index (χ3v) is 10.8. The first-order valence-corrected chi connectivity index (χ1v) is 23.9. The molecule has 2 unspecified atom stereocenters. The van der Waals surface area contributed by atoms with Crippen LogP contribution in [-0.4, -0.2) is 34.9 Å². The van der Waals surface area contributed by atoms with Crippen molar-refractivity contribution in [3.8, 4) is 0 Å². The molecule has 0 saturated heterocycles. The minimum Gasteiger partial charge on any atom is -0.394 e. The summed E-state index contributed by atoms with van der Waals surface area (Å²) in [4.78, 5) is 12.3. The Hall–Kier alpha value is -1.65. The average molecular weight is 756 g/mol. The van der Waals surface area contributed by atoms with Crippen LogP contribution in [0.3, 0.4) is 0 Å². The first-order valence-electron chi connectivity index (χ1n) is 23.9. The lowest BCUT2D eigenvalue weighted by Gasteiger charge is -2.19. The summed E-state index contributed by atoms with van der Waals surface area (Å²) in [6.07, 6.45) is 62.8. The van der Waals surface area contributed by atoms with E-state index < -0.39 is 12.1 Å². The fourth-order valence-corrected chi connectivity index (χ4v) is 7.12. The number of hydrogen-bond acceptors (Lipinski definition) is 3. The zero-order valence-electron chi connectivity index (χ0n) is 36.2. The quantitative estimate of drug-likeness (QED) is 0.0429. The van der Waals surface area contributed by atoms with E-state index in [4.69, 9.17) is 0 Å². The van der Waals surface area contributed by atoms with E-state index in [9.17, 15) is 15.0 Å². The topological polar surface area (TPSA) is 69.6 Å². The standard InChI is InChI=1S/C50H93NO3/c1-3-5-7-9-11-12-13-14-15-16-17-18-19-20-21-22-23-24-25-26-27-28-29-30-31-32-33-34-35-36-37-38-40-42-44-46-50(54)51-48(47-52)49(53)45-43-41-39-10-8-6-4-2/h8,10,13-14,16-17,43,45,48-49,52-53H,3-7,9,11-12,15,18-42,44,46-47H2,1-2H3,(H,51,54)/b10-8+,14-13-,17-16-,45-43+. The molecule has 0 saturated carbocycles. The molecule has 0 fully saturated rings. The van der Waals surface area contributed by atoms with E-state index in [0.717, 1.165) is 44.9 Å². The SMILES string of the molecule is CCC/C=C/CC/C=C/C(O)C(CO)NC(=O)CCCCCCCCCCCCCCCCCCCCCCCCC/C=C\C/C=C\CCCCCCC. The fourth-order valence-electron chi connectivity index (χ4n) is 7.12. The van der Waals surface area contributed by atoms with Gasteiger partial charge in [0.2, 0.25) is 5.91 Å². The van der Waals surface area contributed by atoms with Crippen molar-refractivity contribution in [2.75, 3.05) is 6.61 Å². The molecule has 0 aliphatic heterocycles. The number of amides is 1. The molecule has 0 aromatic rings. The Bertz CT molecular complexity index is 862. The zero-order chi connectivity index (χ0) is 39.3. The highest BCUT2D eigenvalue weighted by Gasteiger charge is 2.17. The Morgan fingerprint density at radius 2 is 0.815 bits per heavy atom. The second-order valence-corrected chi connectivity index (χ2v) is 16.2. The van der Waals surface area contributed by atoms with Crippen LogP contribution in [0.15, 0.2) is 48.6 Å². The molecule has 2 atom stereocenters. The summed E-state index contributed by atoms with van der Waals surface area (Å²) < 4.78 is 0. The molecule has 0 aromatic carbocycles. The Kier molecular flexibility index (Phi) is 44.3. The van der Waals surface area contributed by atoms with Gasteiger partial charge in [-0.25, -0.2) is 0 Å². The van der Waals surface area contributed by atoms with Gasteiger partial charge in [0.15, 0.2) is 0 Å². The monoisotopic (exact) mass is 756 g/mol. The Morgan fingerprint density at radius 3 is 1.24 bits per heavy atom. The second kappa shape index (κ2) is 45.7. The van der Waals surface area contributed by atoms with Gasteiger partial charge in [0.25, 0.3) is 0 Å². The smallest absolute Gasteiger partial charge is 0.220 e. The van der Waals surface area contributed by atoms with Crippen molar-refractivity contribution in [1.82, 2.24) is 5.32 Å². The van der Waals surface area contributed by atoms with Crippen molar-refractivity contribution >= 4 is 5.91 Å². The van der Waals surface area contributed by atoms with Gasteiger partial charge in [0, 0.05) is 6.42 Å². The minimum absolute atomic E-state index is 0.0764. The second-order valence-electron chi connectivity index (χ2n) is 16.2. The van der Waals surface area contributed by atoms with Crippen LogP contribution in [0.2, 0.25) is 0 Å². The van der Waals surface area contributed by atoms with Gasteiger partial charge in [0.05, 0.1) is 18.8 Å². The number of nitrogens with one attached hydrogen (secondary N) is 1. The van der Waals surface area contributed by atoms with Gasteiger partial charge in [-0.2, -0.15) is 0 Å². The molecule has 0 aliphatic carbocycles. The van der Waals surface area contributed by atoms with Crippen molar-refractivity contribution < 1.29 is 15.0 Å². The molecular weight excluding hydrogens is 663 g/mol. The van der Waals surface area contributed by atoms with Gasteiger partial charge in [-0.3, -0.25) is 4.79 Å². The predicted molar refractivity (Wildman–Crippen MR) is 239 cm³/mol. The maximum atomic E-state index is 12.3. The first kappa shape index (κ1) is 52.3. The van der Waals surface area contributed by atoms with Gasteiger partial charge < -0.3 is 15.5 Å². The van der Waals surface area contributed by atoms with E-state index in [1.807, 2.05) is 6.08 Å². The van der Waals surface area contributed by atoms with Gasteiger partial charge in [0.1, 0.15) is 0 Å². The number of unbranched alkanes of at least 4 members (excludes halogenated alkanes) is 30. The number of carbonyl (C=O) groups is 1. The van der Waals surface area contributed by atoms with E-state index in [1.54, 1.807) is 6.08 Å². The van der Waals surface area contributed by atoms with Crippen LogP contribution in [0.4, 0.5) is 0 Å². The van der Waals surface area contributed by atoms with E-state index in [0.29, 0.717) is 6.42 Å². The van der Waals surface area contributed by atoms with Crippen LogP contribution in [0.5, 0.6) is 0 Å². The zero-order valence-corrected chi connectivity index (χ0v) is 36.2. The summed E-state index contributed by atoms with van der Waals surface area (Å²) >= 11 is 0. The normalized spacial score (nSPS) is 13.3. The van der Waals surface area contributed by atoms with Gasteiger partial charge in [-0.05, 0) is 57.8 Å². The summed E-state index contributed by atoms with van der Waals surface area (Å²) in [6, 6.07) is -0.634. The number of rotatable bonds is 43. The lowest BCUT2D eigenvalue weighted by Crippen LogP contribution is -2.45. The lowest BCUT2D eigenvalue weighted by molar-refractivity contribution is -0.123. The van der Waals surface area contributed by atoms with Crippen molar-refractivity contribution in [3.63, 3.8) is 0 Å². The Balaban J connectivity index is 3.36. The number of carbonyl (C=O) groups excluding carboxylic acids is 1. The molecular formula is C50H93NO3. The van der Waals surface area contributed by atoms with E-state index in [1.165, 1.54) is 180 Å². The van der Waals surface area contributed by atoms with Gasteiger partial charge in [-0.15, -0.1) is 0 Å². The Labute approximate surface area is 337 Å². The molecule has 3 N–H and O–H groups in total. The van der Waals surface area contributed by atoms with Crippen molar-refractivity contribution in [3.05, 3.63) is 48.6 Å². The summed E-state index contributed by atoms with van der Waals surface area (Å²) in [5.74, 6) is -0.0764. The lowest BCUT2D eigenvalue weighted by atomic mass is 10.0. The van der Waals surface area contributed by atoms with E-state index >= 15 is 0 Å². The number of aliphatic hydroxyl groups is 2. The molecule has 0 aromatic heterocycles. The van der Waals surface area contributed by atoms with Crippen LogP contribution in [0, 0.1) is 0 Å². The molecule has 4 nitrogen and oxygen atoms in total.